The SMILES string of the molecule is CCCCC(=O)Oc1ccc(C[C@H](NCCOC(=O)Oc2ccccc2)C(=O)OC)cc1OC(=O)CCCC. The van der Waals surface area contributed by atoms with Crippen LogP contribution in [0.3, 0.4) is 0 Å². The lowest BCUT2D eigenvalue weighted by Gasteiger charge is -2.18. The molecule has 0 saturated heterocycles. The van der Waals surface area contributed by atoms with Crippen LogP contribution < -0.4 is 19.5 Å². The van der Waals surface area contributed by atoms with Crippen LogP contribution in [0.2, 0.25) is 0 Å². The van der Waals surface area contributed by atoms with Gasteiger partial charge >= 0.3 is 24.1 Å². The molecule has 0 saturated carbocycles. The quantitative estimate of drug-likeness (QED) is 0.137. The van der Waals surface area contributed by atoms with E-state index in [0.717, 1.165) is 12.8 Å². The summed E-state index contributed by atoms with van der Waals surface area (Å²) in [5.74, 6) is -0.795. The number of esters is 3. The molecule has 0 bridgehead atoms. The summed E-state index contributed by atoms with van der Waals surface area (Å²) in [5.41, 5.74) is 0.633. The second kappa shape index (κ2) is 17.6. The van der Waals surface area contributed by atoms with Crippen molar-refractivity contribution in [2.75, 3.05) is 20.3 Å². The molecule has 0 aromatic heterocycles. The molecule has 0 spiro atoms. The molecule has 0 fully saturated rings. The number of methoxy groups -OCH3 is 1. The smallest absolute Gasteiger partial charge is 0.468 e. The van der Waals surface area contributed by atoms with Gasteiger partial charge in [-0.05, 0) is 49.1 Å². The van der Waals surface area contributed by atoms with E-state index in [2.05, 4.69) is 5.32 Å². The van der Waals surface area contributed by atoms with Crippen LogP contribution in [-0.4, -0.2) is 50.4 Å². The maximum atomic E-state index is 12.4. The summed E-state index contributed by atoms with van der Waals surface area (Å²) in [6.07, 6.45) is 2.80. The first-order valence-electron chi connectivity index (χ1n) is 13.1. The highest BCUT2D eigenvalue weighted by molar-refractivity contribution is 5.77. The molecular weight excluding hydrogens is 506 g/mol. The molecule has 2 aromatic rings. The van der Waals surface area contributed by atoms with Crippen LogP contribution in [0, 0.1) is 0 Å². The molecule has 10 nitrogen and oxygen atoms in total. The van der Waals surface area contributed by atoms with Crippen molar-refractivity contribution in [3.63, 3.8) is 0 Å². The largest absolute Gasteiger partial charge is 0.513 e. The molecule has 1 N–H and O–H groups in total. The fourth-order valence-corrected chi connectivity index (χ4v) is 3.43. The van der Waals surface area contributed by atoms with Gasteiger partial charge in [-0.3, -0.25) is 14.4 Å². The van der Waals surface area contributed by atoms with E-state index in [9.17, 15) is 19.2 Å². The minimum absolute atomic E-state index is 0.0495. The van der Waals surface area contributed by atoms with Gasteiger partial charge in [-0.15, -0.1) is 0 Å². The lowest BCUT2D eigenvalue weighted by atomic mass is 10.1. The molecule has 0 unspecified atom stereocenters. The summed E-state index contributed by atoms with van der Waals surface area (Å²) >= 11 is 0. The average molecular weight is 544 g/mol. The lowest BCUT2D eigenvalue weighted by Crippen LogP contribution is -2.41. The number of ether oxygens (including phenoxy) is 5. The Kier molecular flexibility index (Phi) is 14.1. The Morgan fingerprint density at radius 1 is 0.821 bits per heavy atom. The molecule has 212 valence electrons. The van der Waals surface area contributed by atoms with Crippen LogP contribution in [0.4, 0.5) is 4.79 Å². The number of para-hydroxylation sites is 1. The van der Waals surface area contributed by atoms with Gasteiger partial charge in [0.2, 0.25) is 0 Å². The number of hydrogen-bond acceptors (Lipinski definition) is 10. The Bertz CT molecular complexity index is 1070. The summed E-state index contributed by atoms with van der Waals surface area (Å²) in [6, 6.07) is 12.5. The molecule has 2 rings (SSSR count). The van der Waals surface area contributed by atoms with Gasteiger partial charge in [0.05, 0.1) is 7.11 Å². The fraction of sp³-hybridized carbons (Fsp3) is 0.448. The minimum atomic E-state index is -0.865. The van der Waals surface area contributed by atoms with E-state index >= 15 is 0 Å². The van der Waals surface area contributed by atoms with E-state index in [1.54, 1.807) is 48.5 Å². The number of nitrogens with one attached hydrogen (secondary N) is 1. The van der Waals surface area contributed by atoms with Crippen LogP contribution in [0.5, 0.6) is 17.2 Å². The first kappa shape index (κ1) is 31.3. The number of rotatable bonds is 16. The van der Waals surface area contributed by atoms with Crippen molar-refractivity contribution in [3.05, 3.63) is 54.1 Å². The summed E-state index contributed by atoms with van der Waals surface area (Å²) in [6.45, 7) is 4.03. The van der Waals surface area contributed by atoms with Crippen LogP contribution in [0.1, 0.15) is 57.9 Å². The number of benzene rings is 2. The predicted octanol–water partition coefficient (Wildman–Crippen LogP) is 4.77. The molecule has 0 aliphatic heterocycles. The van der Waals surface area contributed by atoms with Gasteiger partial charge in [0.1, 0.15) is 18.4 Å². The number of carbonyl (C=O) groups is 4. The van der Waals surface area contributed by atoms with E-state index in [1.165, 1.54) is 7.11 Å². The third-order valence-electron chi connectivity index (χ3n) is 5.51. The molecule has 1 atom stereocenters. The zero-order valence-electron chi connectivity index (χ0n) is 22.7. The minimum Gasteiger partial charge on any atom is -0.468 e. The van der Waals surface area contributed by atoms with Gasteiger partial charge in [-0.2, -0.15) is 0 Å². The average Bonchev–Trinajstić information content (AvgIpc) is 2.93. The highest BCUT2D eigenvalue weighted by atomic mass is 16.7. The highest BCUT2D eigenvalue weighted by Crippen LogP contribution is 2.30. The van der Waals surface area contributed by atoms with Gasteiger partial charge in [0.15, 0.2) is 11.5 Å². The van der Waals surface area contributed by atoms with Crippen molar-refractivity contribution in [3.8, 4) is 17.2 Å². The van der Waals surface area contributed by atoms with Crippen molar-refractivity contribution in [2.45, 2.75) is 64.8 Å². The maximum Gasteiger partial charge on any atom is 0.513 e. The van der Waals surface area contributed by atoms with Gasteiger partial charge in [0, 0.05) is 19.4 Å². The molecular formula is C29H37NO9. The Morgan fingerprint density at radius 3 is 2.08 bits per heavy atom. The van der Waals surface area contributed by atoms with Crippen molar-refractivity contribution < 1.29 is 42.9 Å². The van der Waals surface area contributed by atoms with Gasteiger partial charge in [0.25, 0.3) is 0 Å². The normalized spacial score (nSPS) is 11.3. The number of hydrogen-bond donors (Lipinski definition) is 1. The van der Waals surface area contributed by atoms with Gasteiger partial charge in [-0.25, -0.2) is 4.79 Å². The summed E-state index contributed by atoms with van der Waals surface area (Å²) in [5, 5.41) is 3.00. The standard InChI is InChI=1S/C29H37NO9/c1-4-6-13-26(31)38-24-16-15-21(20-25(24)39-27(32)14-7-5-2)19-23(28(33)35-3)30-17-18-36-29(34)37-22-11-9-8-10-12-22/h8-12,15-16,20,23,30H,4-7,13-14,17-19H2,1-3H3/t23-/m0/s1. The Hall–Kier alpha value is -3.92. The molecule has 39 heavy (non-hydrogen) atoms. The van der Waals surface area contributed by atoms with Crippen LogP contribution in [-0.2, 0) is 30.3 Å². The van der Waals surface area contributed by atoms with E-state index in [0.29, 0.717) is 24.2 Å². The van der Waals surface area contributed by atoms with E-state index in [4.69, 9.17) is 23.7 Å². The van der Waals surface area contributed by atoms with E-state index in [1.807, 2.05) is 13.8 Å². The van der Waals surface area contributed by atoms with E-state index < -0.39 is 30.1 Å². The fourth-order valence-electron chi connectivity index (χ4n) is 3.43. The summed E-state index contributed by atoms with van der Waals surface area (Å²) < 4.78 is 26.0. The Balaban J connectivity index is 2.04. The Labute approximate surface area is 228 Å². The molecule has 0 radical (unpaired) electrons. The van der Waals surface area contributed by atoms with Crippen LogP contribution >= 0.6 is 0 Å². The first-order valence-corrected chi connectivity index (χ1v) is 13.1. The zero-order chi connectivity index (χ0) is 28.5. The second-order valence-corrected chi connectivity index (χ2v) is 8.68. The summed E-state index contributed by atoms with van der Waals surface area (Å²) in [7, 11) is 1.27. The molecule has 0 amide bonds. The predicted molar refractivity (Wildman–Crippen MR) is 143 cm³/mol. The lowest BCUT2D eigenvalue weighted by molar-refractivity contribution is -0.143. The van der Waals surface area contributed by atoms with Crippen LogP contribution in [0.25, 0.3) is 0 Å². The third-order valence-corrected chi connectivity index (χ3v) is 5.51. The molecule has 0 aliphatic carbocycles. The molecule has 2 aromatic carbocycles. The van der Waals surface area contributed by atoms with Crippen molar-refractivity contribution in [2.24, 2.45) is 0 Å². The highest BCUT2D eigenvalue weighted by Gasteiger charge is 2.21. The number of unbranched alkanes of at least 4 members (excludes halogenated alkanes) is 2. The van der Waals surface area contributed by atoms with Gasteiger partial charge < -0.3 is 29.0 Å². The monoisotopic (exact) mass is 543 g/mol. The molecule has 0 heterocycles. The summed E-state index contributed by atoms with van der Waals surface area (Å²) in [4.78, 5) is 48.8. The van der Waals surface area contributed by atoms with E-state index in [-0.39, 0.29) is 43.9 Å². The van der Waals surface area contributed by atoms with Crippen molar-refractivity contribution in [1.29, 1.82) is 0 Å². The molecule has 0 aliphatic rings. The van der Waals surface area contributed by atoms with Crippen molar-refractivity contribution >= 4 is 24.1 Å². The maximum absolute atomic E-state index is 12.4. The Morgan fingerprint density at radius 2 is 1.46 bits per heavy atom. The first-order chi connectivity index (χ1) is 18.9. The zero-order valence-corrected chi connectivity index (χ0v) is 22.7. The third kappa shape index (κ3) is 12.0. The van der Waals surface area contributed by atoms with Gasteiger partial charge in [-0.1, -0.05) is 51.0 Å². The number of carbonyl (C=O) groups excluding carboxylic acids is 4. The second-order valence-electron chi connectivity index (χ2n) is 8.68. The van der Waals surface area contributed by atoms with Crippen molar-refractivity contribution in [1.82, 2.24) is 5.32 Å². The van der Waals surface area contributed by atoms with Crippen LogP contribution in [0.15, 0.2) is 48.5 Å². The topological polar surface area (TPSA) is 126 Å². The molecule has 10 heteroatoms.